The number of hydrogen-bond donors (Lipinski definition) is 1. The van der Waals surface area contributed by atoms with Crippen molar-refractivity contribution in [2.24, 2.45) is 0 Å². The fraction of sp³-hybridized carbons (Fsp3) is 0.316. The Morgan fingerprint density at radius 2 is 1.69 bits per heavy atom. The highest BCUT2D eigenvalue weighted by Gasteiger charge is 2.25. The first kappa shape index (κ1) is 20.4. The number of carbonyl (C=O) groups excluding carboxylic acids is 1. The van der Waals surface area contributed by atoms with Crippen molar-refractivity contribution in [1.29, 1.82) is 0 Å². The molecule has 1 amide bonds. The Bertz CT molecular complexity index is 849. The largest absolute Gasteiger partial charge is 0.348 e. The van der Waals surface area contributed by atoms with Crippen LogP contribution < -0.4 is 5.32 Å². The van der Waals surface area contributed by atoms with Crippen molar-refractivity contribution in [3.05, 3.63) is 64.7 Å². The van der Waals surface area contributed by atoms with Gasteiger partial charge in [-0.2, -0.15) is 4.31 Å². The molecule has 140 valence electrons. The van der Waals surface area contributed by atoms with Gasteiger partial charge in [0, 0.05) is 11.6 Å². The molecule has 0 bridgehead atoms. The Hall–Kier alpha value is -1.89. The number of sulfonamides is 1. The minimum Gasteiger partial charge on any atom is -0.348 e. The third-order valence-electron chi connectivity index (χ3n) is 4.08. The molecular formula is C19H23ClN2O3S. The van der Waals surface area contributed by atoms with E-state index in [4.69, 9.17) is 11.6 Å². The molecule has 26 heavy (non-hydrogen) atoms. The van der Waals surface area contributed by atoms with Gasteiger partial charge >= 0.3 is 0 Å². The summed E-state index contributed by atoms with van der Waals surface area (Å²) in [6.45, 7) is 5.41. The van der Waals surface area contributed by atoms with Crippen LogP contribution in [0.15, 0.2) is 53.4 Å². The van der Waals surface area contributed by atoms with E-state index in [0.29, 0.717) is 5.02 Å². The van der Waals surface area contributed by atoms with Crippen LogP contribution in [0.25, 0.3) is 0 Å². The van der Waals surface area contributed by atoms with Crippen molar-refractivity contribution < 1.29 is 13.2 Å². The molecule has 0 saturated carbocycles. The molecule has 0 fully saturated rings. The summed E-state index contributed by atoms with van der Waals surface area (Å²) in [6.07, 6.45) is 0. The number of aryl methyl sites for hydroxylation is 1. The molecule has 7 heteroatoms. The number of likely N-dealkylation sites (N-methyl/N-ethyl adjacent to an activating group) is 1. The average molecular weight is 395 g/mol. The van der Waals surface area contributed by atoms with Gasteiger partial charge in [-0.25, -0.2) is 8.42 Å². The lowest BCUT2D eigenvalue weighted by molar-refractivity contribution is -0.121. The molecule has 0 aliphatic carbocycles. The van der Waals surface area contributed by atoms with Crippen molar-refractivity contribution in [1.82, 2.24) is 9.62 Å². The van der Waals surface area contributed by atoms with Gasteiger partial charge in [0.2, 0.25) is 15.9 Å². The number of nitrogens with zero attached hydrogens (tertiary/aromatic N) is 1. The van der Waals surface area contributed by atoms with Gasteiger partial charge in [0.25, 0.3) is 0 Å². The number of benzene rings is 2. The summed E-state index contributed by atoms with van der Waals surface area (Å²) in [5, 5.41) is 3.44. The summed E-state index contributed by atoms with van der Waals surface area (Å²) in [7, 11) is -3.71. The van der Waals surface area contributed by atoms with Crippen LogP contribution in [-0.2, 0) is 14.8 Å². The van der Waals surface area contributed by atoms with Crippen LogP contribution in [0, 0.1) is 6.92 Å². The lowest BCUT2D eigenvalue weighted by atomic mass is 10.1. The van der Waals surface area contributed by atoms with Gasteiger partial charge in [0.1, 0.15) is 0 Å². The highest BCUT2D eigenvalue weighted by Crippen LogP contribution is 2.18. The molecule has 0 saturated heterocycles. The van der Waals surface area contributed by atoms with Crippen LogP contribution >= 0.6 is 11.6 Å². The van der Waals surface area contributed by atoms with E-state index in [-0.39, 0.29) is 29.9 Å². The van der Waals surface area contributed by atoms with Crippen LogP contribution in [0.5, 0.6) is 0 Å². The highest BCUT2D eigenvalue weighted by atomic mass is 35.5. The summed E-state index contributed by atoms with van der Waals surface area (Å²) < 4.78 is 26.6. The topological polar surface area (TPSA) is 66.5 Å². The zero-order chi connectivity index (χ0) is 19.3. The SMILES string of the molecule is CCN(CC(=O)N[C@@H](C)c1ccc(Cl)cc1)S(=O)(=O)c1ccc(C)cc1. The molecular weight excluding hydrogens is 372 g/mol. The second kappa shape index (κ2) is 8.66. The number of carbonyl (C=O) groups is 1. The van der Waals surface area contributed by atoms with E-state index in [9.17, 15) is 13.2 Å². The van der Waals surface area contributed by atoms with E-state index in [1.165, 1.54) is 4.31 Å². The predicted molar refractivity (Wildman–Crippen MR) is 104 cm³/mol. The molecule has 0 heterocycles. The standard InChI is InChI=1S/C19H23ClN2O3S/c1-4-22(26(24,25)18-11-5-14(2)6-12-18)13-19(23)21-15(3)16-7-9-17(20)10-8-16/h5-12,15H,4,13H2,1-3H3,(H,21,23)/t15-/m0/s1. The third kappa shape index (κ3) is 5.06. The first-order chi connectivity index (χ1) is 12.2. The summed E-state index contributed by atoms with van der Waals surface area (Å²) in [5.41, 5.74) is 1.87. The Labute approximate surface area is 160 Å². The number of rotatable bonds is 7. The van der Waals surface area contributed by atoms with Gasteiger partial charge in [0.15, 0.2) is 0 Å². The van der Waals surface area contributed by atoms with Crippen molar-refractivity contribution in [2.75, 3.05) is 13.1 Å². The second-order valence-electron chi connectivity index (χ2n) is 6.09. The molecule has 5 nitrogen and oxygen atoms in total. The van der Waals surface area contributed by atoms with Gasteiger partial charge in [0.05, 0.1) is 17.5 Å². The fourth-order valence-electron chi connectivity index (χ4n) is 2.51. The quantitative estimate of drug-likeness (QED) is 0.781. The van der Waals surface area contributed by atoms with Crippen LogP contribution in [0.1, 0.15) is 31.0 Å². The van der Waals surface area contributed by atoms with Gasteiger partial charge in [-0.3, -0.25) is 4.79 Å². The van der Waals surface area contributed by atoms with E-state index >= 15 is 0 Å². The molecule has 0 spiro atoms. The molecule has 0 aliphatic heterocycles. The molecule has 1 atom stereocenters. The van der Waals surface area contributed by atoms with Gasteiger partial charge in [-0.1, -0.05) is 48.4 Å². The van der Waals surface area contributed by atoms with Crippen molar-refractivity contribution in [3.63, 3.8) is 0 Å². The minimum atomic E-state index is -3.71. The summed E-state index contributed by atoms with van der Waals surface area (Å²) in [4.78, 5) is 12.5. The Balaban J connectivity index is 2.07. The number of halogens is 1. The van der Waals surface area contributed by atoms with Gasteiger partial charge < -0.3 is 5.32 Å². The van der Waals surface area contributed by atoms with E-state index in [2.05, 4.69) is 5.32 Å². The maximum absolute atomic E-state index is 12.7. The second-order valence-corrected chi connectivity index (χ2v) is 8.46. The molecule has 0 radical (unpaired) electrons. The maximum atomic E-state index is 12.7. The van der Waals surface area contributed by atoms with E-state index < -0.39 is 10.0 Å². The molecule has 2 aromatic carbocycles. The molecule has 0 aliphatic rings. The zero-order valence-corrected chi connectivity index (χ0v) is 16.6. The van der Waals surface area contributed by atoms with E-state index in [1.807, 2.05) is 26.0 Å². The first-order valence-electron chi connectivity index (χ1n) is 8.35. The lowest BCUT2D eigenvalue weighted by Crippen LogP contribution is -2.41. The number of nitrogens with one attached hydrogen (secondary N) is 1. The molecule has 0 aromatic heterocycles. The normalized spacial score (nSPS) is 12.8. The molecule has 2 aromatic rings. The van der Waals surface area contributed by atoms with Crippen LogP contribution in [-0.4, -0.2) is 31.7 Å². The maximum Gasteiger partial charge on any atom is 0.243 e. The fourth-order valence-corrected chi connectivity index (χ4v) is 4.04. The lowest BCUT2D eigenvalue weighted by Gasteiger charge is -2.22. The van der Waals surface area contributed by atoms with E-state index in [1.54, 1.807) is 43.3 Å². The van der Waals surface area contributed by atoms with Gasteiger partial charge in [-0.05, 0) is 43.7 Å². The van der Waals surface area contributed by atoms with Crippen LogP contribution in [0.2, 0.25) is 5.02 Å². The molecule has 0 unspecified atom stereocenters. The summed E-state index contributed by atoms with van der Waals surface area (Å²) in [5.74, 6) is -0.356. The Morgan fingerprint density at radius 3 is 2.23 bits per heavy atom. The minimum absolute atomic E-state index is 0.184. The first-order valence-corrected chi connectivity index (χ1v) is 10.2. The van der Waals surface area contributed by atoms with Crippen molar-refractivity contribution in [3.8, 4) is 0 Å². The van der Waals surface area contributed by atoms with E-state index in [0.717, 1.165) is 11.1 Å². The zero-order valence-electron chi connectivity index (χ0n) is 15.1. The monoisotopic (exact) mass is 394 g/mol. The Morgan fingerprint density at radius 1 is 1.12 bits per heavy atom. The summed E-state index contributed by atoms with van der Waals surface area (Å²) >= 11 is 5.87. The number of hydrogen-bond acceptors (Lipinski definition) is 3. The summed E-state index contributed by atoms with van der Waals surface area (Å²) in [6, 6.07) is 13.5. The van der Waals surface area contributed by atoms with Crippen LogP contribution in [0.4, 0.5) is 0 Å². The number of amides is 1. The Kier molecular flexibility index (Phi) is 6.81. The molecule has 1 N–H and O–H groups in total. The van der Waals surface area contributed by atoms with Crippen molar-refractivity contribution >= 4 is 27.5 Å². The third-order valence-corrected chi connectivity index (χ3v) is 6.27. The highest BCUT2D eigenvalue weighted by molar-refractivity contribution is 7.89. The van der Waals surface area contributed by atoms with Gasteiger partial charge in [-0.15, -0.1) is 0 Å². The van der Waals surface area contributed by atoms with Crippen LogP contribution in [0.3, 0.4) is 0 Å². The predicted octanol–water partition coefficient (Wildman–Crippen LogP) is 3.54. The average Bonchev–Trinajstić information content (AvgIpc) is 2.60. The molecule has 2 rings (SSSR count). The smallest absolute Gasteiger partial charge is 0.243 e. The van der Waals surface area contributed by atoms with Crippen molar-refractivity contribution in [2.45, 2.75) is 31.7 Å².